The smallest absolute Gasteiger partial charge is 0.141 e. The van der Waals surface area contributed by atoms with Gasteiger partial charge >= 0.3 is 0 Å². The predicted molar refractivity (Wildman–Crippen MR) is 120 cm³/mol. The Kier molecular flexibility index (Phi) is 5.58. The molecule has 0 saturated carbocycles. The van der Waals surface area contributed by atoms with Crippen LogP contribution in [0.2, 0.25) is 0 Å². The lowest BCUT2D eigenvalue weighted by atomic mass is 9.87. The van der Waals surface area contributed by atoms with Gasteiger partial charge in [-0.25, -0.2) is 9.37 Å². The second-order valence-corrected chi connectivity index (χ2v) is 8.56. The number of aryl methyl sites for hydroxylation is 1. The Morgan fingerprint density at radius 3 is 2.30 bits per heavy atom. The largest absolute Gasteiger partial charge is 0.494 e. The third-order valence-corrected chi connectivity index (χ3v) is 5.27. The Bertz CT molecular complexity index is 1120. The van der Waals surface area contributed by atoms with Crippen molar-refractivity contribution >= 4 is 11.0 Å². The highest BCUT2D eigenvalue weighted by molar-refractivity contribution is 5.80. The molecule has 1 aromatic heterocycles. The summed E-state index contributed by atoms with van der Waals surface area (Å²) >= 11 is 0. The van der Waals surface area contributed by atoms with E-state index in [0.29, 0.717) is 6.61 Å². The molecular formula is C26H27FN2O. The van der Waals surface area contributed by atoms with Gasteiger partial charge in [-0.15, -0.1) is 0 Å². The zero-order valence-electron chi connectivity index (χ0n) is 17.7. The maximum atomic E-state index is 13.4. The maximum Gasteiger partial charge on any atom is 0.141 e. The number of ether oxygens (including phenoxy) is 1. The first kappa shape index (κ1) is 20.1. The zero-order chi connectivity index (χ0) is 21.1. The van der Waals surface area contributed by atoms with Crippen LogP contribution < -0.4 is 4.74 Å². The lowest BCUT2D eigenvalue weighted by Crippen LogP contribution is -2.10. The topological polar surface area (TPSA) is 27.1 Å². The molecule has 0 spiro atoms. The molecule has 30 heavy (non-hydrogen) atoms. The summed E-state index contributed by atoms with van der Waals surface area (Å²) in [5.41, 5.74) is 4.36. The Morgan fingerprint density at radius 2 is 1.60 bits per heavy atom. The SMILES string of the molecule is CC(C)(C)c1ccc(OCCCn2c(-c3ccc(F)cc3)nc3ccccc32)cc1. The van der Waals surface area contributed by atoms with Crippen molar-refractivity contribution in [2.45, 2.75) is 39.2 Å². The van der Waals surface area contributed by atoms with E-state index in [1.165, 1.54) is 17.7 Å². The highest BCUT2D eigenvalue weighted by atomic mass is 19.1. The van der Waals surface area contributed by atoms with E-state index >= 15 is 0 Å². The van der Waals surface area contributed by atoms with Crippen molar-refractivity contribution in [1.82, 2.24) is 9.55 Å². The molecule has 0 N–H and O–H groups in total. The zero-order valence-corrected chi connectivity index (χ0v) is 17.7. The van der Waals surface area contributed by atoms with Gasteiger partial charge in [0.15, 0.2) is 0 Å². The standard InChI is InChI=1S/C26H27FN2O/c1-26(2,3)20-11-15-22(16-12-20)30-18-6-17-29-24-8-5-4-7-23(24)28-25(29)19-9-13-21(27)14-10-19/h4-5,7-16H,6,17-18H2,1-3H3. The second-order valence-electron chi connectivity index (χ2n) is 8.56. The highest BCUT2D eigenvalue weighted by Crippen LogP contribution is 2.26. The Balaban J connectivity index is 1.47. The van der Waals surface area contributed by atoms with E-state index in [1.807, 2.05) is 30.3 Å². The van der Waals surface area contributed by atoms with Gasteiger partial charge < -0.3 is 9.30 Å². The van der Waals surface area contributed by atoms with Gasteiger partial charge in [0.2, 0.25) is 0 Å². The lowest BCUT2D eigenvalue weighted by molar-refractivity contribution is 0.302. The highest BCUT2D eigenvalue weighted by Gasteiger charge is 2.14. The van der Waals surface area contributed by atoms with E-state index in [2.05, 4.69) is 43.5 Å². The molecule has 1 heterocycles. The first-order valence-corrected chi connectivity index (χ1v) is 10.4. The van der Waals surface area contributed by atoms with Crippen molar-refractivity contribution in [3.8, 4) is 17.1 Å². The van der Waals surface area contributed by atoms with Gasteiger partial charge in [-0.3, -0.25) is 0 Å². The van der Waals surface area contributed by atoms with Gasteiger partial charge in [-0.05, 0) is 65.9 Å². The summed E-state index contributed by atoms with van der Waals surface area (Å²) in [5.74, 6) is 1.50. The van der Waals surface area contributed by atoms with Crippen LogP contribution in [-0.4, -0.2) is 16.2 Å². The van der Waals surface area contributed by atoms with Crippen molar-refractivity contribution < 1.29 is 9.13 Å². The maximum absolute atomic E-state index is 13.4. The second kappa shape index (κ2) is 8.31. The summed E-state index contributed by atoms with van der Waals surface area (Å²) in [7, 11) is 0. The van der Waals surface area contributed by atoms with Crippen LogP contribution in [-0.2, 0) is 12.0 Å². The fraction of sp³-hybridized carbons (Fsp3) is 0.269. The van der Waals surface area contributed by atoms with Gasteiger partial charge in [-0.2, -0.15) is 0 Å². The molecule has 0 aliphatic rings. The molecule has 4 heteroatoms. The molecule has 3 nitrogen and oxygen atoms in total. The Labute approximate surface area is 177 Å². The van der Waals surface area contributed by atoms with E-state index in [0.717, 1.165) is 41.1 Å². The molecule has 4 aromatic rings. The number of aromatic nitrogens is 2. The molecule has 0 amide bonds. The molecule has 3 aromatic carbocycles. The third kappa shape index (κ3) is 4.38. The minimum Gasteiger partial charge on any atom is -0.494 e. The number of imidazole rings is 1. The third-order valence-electron chi connectivity index (χ3n) is 5.27. The summed E-state index contributed by atoms with van der Waals surface area (Å²) in [6.45, 7) is 8.00. The van der Waals surface area contributed by atoms with Gasteiger partial charge in [0.1, 0.15) is 17.4 Å². The minimum atomic E-state index is -0.243. The van der Waals surface area contributed by atoms with Crippen LogP contribution >= 0.6 is 0 Å². The first-order chi connectivity index (χ1) is 14.4. The average Bonchev–Trinajstić information content (AvgIpc) is 3.10. The molecule has 0 fully saturated rings. The number of para-hydroxylation sites is 2. The summed E-state index contributed by atoms with van der Waals surface area (Å²) < 4.78 is 21.5. The number of halogens is 1. The van der Waals surface area contributed by atoms with Gasteiger partial charge in [0, 0.05) is 12.1 Å². The van der Waals surface area contributed by atoms with E-state index in [1.54, 1.807) is 12.1 Å². The number of hydrogen-bond donors (Lipinski definition) is 0. The van der Waals surface area contributed by atoms with Crippen molar-refractivity contribution in [3.63, 3.8) is 0 Å². The number of rotatable bonds is 6. The van der Waals surface area contributed by atoms with Crippen molar-refractivity contribution in [2.24, 2.45) is 0 Å². The fourth-order valence-corrected chi connectivity index (χ4v) is 3.59. The summed E-state index contributed by atoms with van der Waals surface area (Å²) in [5, 5.41) is 0. The van der Waals surface area contributed by atoms with Gasteiger partial charge in [-0.1, -0.05) is 45.0 Å². The van der Waals surface area contributed by atoms with Gasteiger partial charge in [0.05, 0.1) is 17.6 Å². The van der Waals surface area contributed by atoms with Crippen molar-refractivity contribution in [1.29, 1.82) is 0 Å². The number of benzene rings is 3. The van der Waals surface area contributed by atoms with Crippen LogP contribution in [0.5, 0.6) is 5.75 Å². The number of hydrogen-bond acceptors (Lipinski definition) is 2. The molecule has 0 saturated heterocycles. The summed E-state index contributed by atoms with van der Waals surface area (Å²) in [6.07, 6.45) is 0.843. The molecule has 0 unspecified atom stereocenters. The minimum absolute atomic E-state index is 0.137. The summed E-state index contributed by atoms with van der Waals surface area (Å²) in [6, 6.07) is 22.9. The predicted octanol–water partition coefficient (Wildman–Crippen LogP) is 6.61. The lowest BCUT2D eigenvalue weighted by Gasteiger charge is -2.19. The molecular weight excluding hydrogens is 375 g/mol. The number of nitrogens with zero attached hydrogens (tertiary/aromatic N) is 2. The van der Waals surface area contributed by atoms with Crippen LogP contribution in [0.25, 0.3) is 22.4 Å². The van der Waals surface area contributed by atoms with Crippen LogP contribution in [0.3, 0.4) is 0 Å². The molecule has 0 radical (unpaired) electrons. The molecule has 0 atom stereocenters. The number of fused-ring (bicyclic) bond motifs is 1. The van der Waals surface area contributed by atoms with E-state index in [4.69, 9.17) is 9.72 Å². The van der Waals surface area contributed by atoms with Crippen LogP contribution in [0.4, 0.5) is 4.39 Å². The quantitative estimate of drug-likeness (QED) is 0.339. The molecule has 0 bridgehead atoms. The van der Waals surface area contributed by atoms with Crippen LogP contribution in [0.15, 0.2) is 72.8 Å². The normalized spacial score (nSPS) is 11.7. The van der Waals surface area contributed by atoms with Crippen molar-refractivity contribution in [2.75, 3.05) is 6.61 Å². The summed E-state index contributed by atoms with van der Waals surface area (Å²) in [4.78, 5) is 4.78. The Morgan fingerprint density at radius 1 is 0.900 bits per heavy atom. The molecule has 0 aliphatic carbocycles. The van der Waals surface area contributed by atoms with Crippen molar-refractivity contribution in [3.05, 3.63) is 84.2 Å². The monoisotopic (exact) mass is 402 g/mol. The first-order valence-electron chi connectivity index (χ1n) is 10.4. The van der Waals surface area contributed by atoms with E-state index in [-0.39, 0.29) is 11.2 Å². The Hall–Kier alpha value is -3.14. The van der Waals surface area contributed by atoms with Crippen LogP contribution in [0, 0.1) is 5.82 Å². The average molecular weight is 403 g/mol. The van der Waals surface area contributed by atoms with E-state index in [9.17, 15) is 4.39 Å². The fourth-order valence-electron chi connectivity index (χ4n) is 3.59. The molecule has 4 rings (SSSR count). The molecule has 0 aliphatic heterocycles. The van der Waals surface area contributed by atoms with Crippen LogP contribution in [0.1, 0.15) is 32.8 Å². The molecule has 154 valence electrons. The van der Waals surface area contributed by atoms with Gasteiger partial charge in [0.25, 0.3) is 0 Å². The van der Waals surface area contributed by atoms with E-state index < -0.39 is 0 Å².